The summed E-state index contributed by atoms with van der Waals surface area (Å²) in [5, 5.41) is 6.66. The van der Waals surface area contributed by atoms with Crippen LogP contribution >= 0.6 is 12.4 Å². The number of halogens is 1. The molecule has 2 N–H and O–H groups in total. The maximum atomic E-state index is 10.1. The van der Waals surface area contributed by atoms with Crippen molar-refractivity contribution in [2.75, 3.05) is 5.73 Å². The Hall–Kier alpha value is -1.10. The van der Waals surface area contributed by atoms with Crippen LogP contribution in [0.1, 0.15) is 19.8 Å². The van der Waals surface area contributed by atoms with Crippen molar-refractivity contribution in [1.29, 1.82) is 0 Å². The number of nitrogens with zero attached hydrogens (tertiary/aromatic N) is 3. The number of rotatable bonds is 4. The number of hydrogen-bond donors (Lipinski definition) is 1. The summed E-state index contributed by atoms with van der Waals surface area (Å²) in [6, 6.07) is 0. The standard InChI is InChI=1S/C7H12N4O.ClH/c1-2-3-4-11-7(8)6(10-12)5-9-11;/h5H,2-4,8H2,1H3;1H. The Morgan fingerprint density at radius 1 is 1.69 bits per heavy atom. The number of nitroso groups, excluding NO2 is 1. The molecule has 0 aromatic carbocycles. The lowest BCUT2D eigenvalue weighted by molar-refractivity contribution is 0.579. The highest BCUT2D eigenvalue weighted by atomic mass is 35.5. The van der Waals surface area contributed by atoms with Gasteiger partial charge in [0.15, 0.2) is 11.5 Å². The van der Waals surface area contributed by atoms with Crippen LogP contribution in [0, 0.1) is 4.91 Å². The van der Waals surface area contributed by atoms with Crippen LogP contribution in [0.4, 0.5) is 11.5 Å². The summed E-state index contributed by atoms with van der Waals surface area (Å²) >= 11 is 0. The number of anilines is 1. The summed E-state index contributed by atoms with van der Waals surface area (Å²) in [6.07, 6.45) is 3.46. The predicted octanol–water partition coefficient (Wildman–Crippen LogP) is 2.09. The number of nitrogen functional groups attached to an aromatic ring is 1. The molecule has 0 bridgehead atoms. The van der Waals surface area contributed by atoms with E-state index in [1.165, 1.54) is 6.20 Å². The van der Waals surface area contributed by atoms with E-state index < -0.39 is 0 Å². The molecule has 0 fully saturated rings. The van der Waals surface area contributed by atoms with Gasteiger partial charge in [-0.3, -0.25) is 0 Å². The molecule has 0 saturated heterocycles. The molecule has 0 unspecified atom stereocenters. The number of aryl methyl sites for hydroxylation is 1. The fourth-order valence-electron chi connectivity index (χ4n) is 0.941. The topological polar surface area (TPSA) is 73.3 Å². The van der Waals surface area contributed by atoms with E-state index in [-0.39, 0.29) is 18.1 Å². The van der Waals surface area contributed by atoms with Crippen molar-refractivity contribution in [1.82, 2.24) is 9.78 Å². The first-order chi connectivity index (χ1) is 5.79. The van der Waals surface area contributed by atoms with E-state index in [2.05, 4.69) is 17.2 Å². The van der Waals surface area contributed by atoms with Gasteiger partial charge in [0.05, 0.1) is 6.20 Å². The summed E-state index contributed by atoms with van der Waals surface area (Å²) in [5.41, 5.74) is 5.79. The van der Waals surface area contributed by atoms with E-state index in [0.717, 1.165) is 19.4 Å². The second-order valence-corrected chi connectivity index (χ2v) is 2.58. The maximum Gasteiger partial charge on any atom is 0.169 e. The van der Waals surface area contributed by atoms with Gasteiger partial charge in [0.2, 0.25) is 0 Å². The first kappa shape index (κ1) is 11.9. The second-order valence-electron chi connectivity index (χ2n) is 2.58. The van der Waals surface area contributed by atoms with Crippen LogP contribution in [0.15, 0.2) is 11.4 Å². The van der Waals surface area contributed by atoms with Crippen LogP contribution in [0.25, 0.3) is 0 Å². The van der Waals surface area contributed by atoms with Gasteiger partial charge in [-0.05, 0) is 11.6 Å². The zero-order valence-electron chi connectivity index (χ0n) is 7.43. The van der Waals surface area contributed by atoms with E-state index in [1.54, 1.807) is 4.68 Å². The van der Waals surface area contributed by atoms with Gasteiger partial charge in [-0.1, -0.05) is 13.3 Å². The smallest absolute Gasteiger partial charge is 0.169 e. The van der Waals surface area contributed by atoms with Crippen LogP contribution in [0.2, 0.25) is 0 Å². The van der Waals surface area contributed by atoms with Crippen LogP contribution in [-0.2, 0) is 6.54 Å². The van der Waals surface area contributed by atoms with Crippen molar-refractivity contribution in [2.24, 2.45) is 5.18 Å². The Kier molecular flexibility index (Phi) is 5.06. The fraction of sp³-hybridized carbons (Fsp3) is 0.571. The third-order valence-corrected chi connectivity index (χ3v) is 1.68. The van der Waals surface area contributed by atoms with Crippen molar-refractivity contribution in [3.63, 3.8) is 0 Å². The lowest BCUT2D eigenvalue weighted by Crippen LogP contribution is -2.03. The molecular formula is C7H13ClN4O. The Balaban J connectivity index is 0.00000144. The first-order valence-corrected chi connectivity index (χ1v) is 3.94. The van der Waals surface area contributed by atoms with E-state index in [9.17, 15) is 4.91 Å². The minimum atomic E-state index is 0. The lowest BCUT2D eigenvalue weighted by Gasteiger charge is -2.00. The molecule has 5 nitrogen and oxygen atoms in total. The van der Waals surface area contributed by atoms with Crippen LogP contribution < -0.4 is 5.73 Å². The summed E-state index contributed by atoms with van der Waals surface area (Å²) in [6.45, 7) is 2.83. The summed E-state index contributed by atoms with van der Waals surface area (Å²) < 4.78 is 1.60. The zero-order valence-corrected chi connectivity index (χ0v) is 8.25. The summed E-state index contributed by atoms with van der Waals surface area (Å²) in [7, 11) is 0. The maximum absolute atomic E-state index is 10.1. The molecule has 0 aliphatic heterocycles. The second kappa shape index (κ2) is 5.53. The molecule has 1 aromatic rings. The highest BCUT2D eigenvalue weighted by Crippen LogP contribution is 2.20. The van der Waals surface area contributed by atoms with Crippen molar-refractivity contribution in [2.45, 2.75) is 26.3 Å². The van der Waals surface area contributed by atoms with Gasteiger partial charge in [0.25, 0.3) is 0 Å². The van der Waals surface area contributed by atoms with Crippen LogP contribution in [0.5, 0.6) is 0 Å². The molecular weight excluding hydrogens is 192 g/mol. The summed E-state index contributed by atoms with van der Waals surface area (Å²) in [4.78, 5) is 10.1. The van der Waals surface area contributed by atoms with Crippen molar-refractivity contribution in [3.05, 3.63) is 11.1 Å². The Morgan fingerprint density at radius 3 is 2.85 bits per heavy atom. The normalized spacial score (nSPS) is 9.31. The monoisotopic (exact) mass is 204 g/mol. The largest absolute Gasteiger partial charge is 0.382 e. The molecule has 0 aliphatic rings. The minimum Gasteiger partial charge on any atom is -0.382 e. The third kappa shape index (κ3) is 2.69. The third-order valence-electron chi connectivity index (χ3n) is 1.68. The van der Waals surface area contributed by atoms with Gasteiger partial charge in [0, 0.05) is 6.54 Å². The van der Waals surface area contributed by atoms with E-state index >= 15 is 0 Å². The molecule has 0 spiro atoms. The van der Waals surface area contributed by atoms with Crippen molar-refractivity contribution in [3.8, 4) is 0 Å². The number of aromatic nitrogens is 2. The number of unbranched alkanes of at least 4 members (excludes halogenated alkanes) is 1. The molecule has 6 heteroatoms. The number of hydrogen-bond acceptors (Lipinski definition) is 4. The zero-order chi connectivity index (χ0) is 8.97. The SMILES string of the molecule is CCCCn1ncc(N=O)c1N.Cl. The van der Waals surface area contributed by atoms with Gasteiger partial charge in [-0.2, -0.15) is 5.10 Å². The molecule has 0 atom stereocenters. The van der Waals surface area contributed by atoms with Crippen molar-refractivity contribution >= 4 is 23.9 Å². The van der Waals surface area contributed by atoms with Gasteiger partial charge < -0.3 is 5.73 Å². The average Bonchev–Trinajstić information content (AvgIpc) is 2.43. The van der Waals surface area contributed by atoms with Crippen LogP contribution in [-0.4, -0.2) is 9.78 Å². The lowest BCUT2D eigenvalue weighted by atomic mass is 10.3. The van der Waals surface area contributed by atoms with E-state index in [0.29, 0.717) is 5.82 Å². The molecule has 0 radical (unpaired) electrons. The quantitative estimate of drug-likeness (QED) is 0.764. The molecule has 0 saturated carbocycles. The minimum absolute atomic E-state index is 0. The van der Waals surface area contributed by atoms with Crippen molar-refractivity contribution < 1.29 is 0 Å². The highest BCUT2D eigenvalue weighted by Gasteiger charge is 2.05. The Bertz CT molecular complexity index is 273. The summed E-state index contributed by atoms with van der Waals surface area (Å²) in [5.74, 6) is 0.360. The fourth-order valence-corrected chi connectivity index (χ4v) is 0.941. The molecule has 1 rings (SSSR count). The Labute approximate surface area is 82.7 Å². The molecule has 74 valence electrons. The highest BCUT2D eigenvalue weighted by molar-refractivity contribution is 5.85. The average molecular weight is 205 g/mol. The van der Waals surface area contributed by atoms with Crippen LogP contribution in [0.3, 0.4) is 0 Å². The molecule has 13 heavy (non-hydrogen) atoms. The first-order valence-electron chi connectivity index (χ1n) is 3.94. The number of nitrogens with two attached hydrogens (primary N) is 1. The molecule has 0 aliphatic carbocycles. The van der Waals surface area contributed by atoms with Gasteiger partial charge in [-0.25, -0.2) is 4.68 Å². The molecule has 0 amide bonds. The van der Waals surface area contributed by atoms with Gasteiger partial charge >= 0.3 is 0 Å². The predicted molar refractivity (Wildman–Crippen MR) is 54.3 cm³/mol. The van der Waals surface area contributed by atoms with E-state index in [1.807, 2.05) is 0 Å². The van der Waals surface area contributed by atoms with Gasteiger partial charge in [-0.15, -0.1) is 17.3 Å². The molecule has 1 heterocycles. The van der Waals surface area contributed by atoms with Gasteiger partial charge in [0.1, 0.15) is 0 Å². The van der Waals surface area contributed by atoms with E-state index in [4.69, 9.17) is 5.73 Å². The Morgan fingerprint density at radius 2 is 2.38 bits per heavy atom. The molecule has 1 aromatic heterocycles.